The van der Waals surface area contributed by atoms with E-state index in [4.69, 9.17) is 4.74 Å². The lowest BCUT2D eigenvalue weighted by Crippen LogP contribution is -2.14. The average molecular weight is 398 g/mol. The molecule has 0 fully saturated rings. The molecular weight excluding hydrogens is 376 g/mol. The third-order valence-electron chi connectivity index (χ3n) is 4.74. The minimum absolute atomic E-state index is 0.186. The number of ether oxygens (including phenoxy) is 1. The van der Waals surface area contributed by atoms with E-state index in [2.05, 4.69) is 15.4 Å². The number of nitrogens with zero attached hydrogens (tertiary/aromatic N) is 3. The molecule has 2 heterocycles. The number of pyridine rings is 1. The third-order valence-corrected chi connectivity index (χ3v) is 4.74. The molecule has 0 saturated carbocycles. The molecule has 0 aliphatic carbocycles. The lowest BCUT2D eigenvalue weighted by atomic mass is 10.1. The van der Waals surface area contributed by atoms with Crippen LogP contribution in [0.4, 0.5) is 5.69 Å². The van der Waals surface area contributed by atoms with Crippen molar-refractivity contribution in [2.45, 2.75) is 20.3 Å². The van der Waals surface area contributed by atoms with E-state index in [1.807, 2.05) is 79.2 Å². The van der Waals surface area contributed by atoms with Gasteiger partial charge in [0.2, 0.25) is 0 Å². The van der Waals surface area contributed by atoms with Gasteiger partial charge >= 0.3 is 0 Å². The van der Waals surface area contributed by atoms with Crippen LogP contribution in [-0.4, -0.2) is 20.7 Å². The van der Waals surface area contributed by atoms with Crippen LogP contribution >= 0.6 is 0 Å². The number of para-hydroxylation sites is 1. The van der Waals surface area contributed by atoms with Gasteiger partial charge in [-0.15, -0.1) is 0 Å². The molecule has 0 radical (unpaired) electrons. The van der Waals surface area contributed by atoms with Crippen molar-refractivity contribution >= 4 is 11.6 Å². The summed E-state index contributed by atoms with van der Waals surface area (Å²) in [5.41, 5.74) is 3.97. The van der Waals surface area contributed by atoms with Crippen LogP contribution in [-0.2, 0) is 6.42 Å². The number of rotatable bonds is 6. The molecule has 4 aromatic rings. The van der Waals surface area contributed by atoms with Crippen molar-refractivity contribution in [3.8, 4) is 17.2 Å². The Morgan fingerprint density at radius 2 is 1.90 bits per heavy atom. The molecule has 150 valence electrons. The zero-order valence-corrected chi connectivity index (χ0v) is 16.9. The van der Waals surface area contributed by atoms with Gasteiger partial charge in [-0.25, -0.2) is 4.68 Å². The van der Waals surface area contributed by atoms with E-state index in [-0.39, 0.29) is 5.91 Å². The molecule has 0 spiro atoms. The highest BCUT2D eigenvalue weighted by Crippen LogP contribution is 2.27. The predicted molar refractivity (Wildman–Crippen MR) is 116 cm³/mol. The van der Waals surface area contributed by atoms with Crippen LogP contribution < -0.4 is 10.1 Å². The van der Waals surface area contributed by atoms with Crippen LogP contribution in [0.3, 0.4) is 0 Å². The van der Waals surface area contributed by atoms with E-state index in [0.717, 1.165) is 16.9 Å². The molecule has 0 unspecified atom stereocenters. The largest absolute Gasteiger partial charge is 0.455 e. The first kappa shape index (κ1) is 19.4. The van der Waals surface area contributed by atoms with Crippen molar-refractivity contribution in [1.29, 1.82) is 0 Å². The average Bonchev–Trinajstić information content (AvgIpc) is 3.21. The van der Waals surface area contributed by atoms with Gasteiger partial charge in [-0.2, -0.15) is 5.10 Å². The van der Waals surface area contributed by atoms with Crippen LogP contribution in [0.2, 0.25) is 0 Å². The summed E-state index contributed by atoms with van der Waals surface area (Å²) in [5, 5.41) is 7.40. The molecule has 0 aliphatic rings. The molecule has 0 bridgehead atoms. The monoisotopic (exact) mass is 398 g/mol. The van der Waals surface area contributed by atoms with Gasteiger partial charge in [-0.05, 0) is 61.4 Å². The first-order chi connectivity index (χ1) is 14.7. The summed E-state index contributed by atoms with van der Waals surface area (Å²) in [6.07, 6.45) is 5.66. The summed E-state index contributed by atoms with van der Waals surface area (Å²) >= 11 is 0. The van der Waals surface area contributed by atoms with Gasteiger partial charge in [0.25, 0.3) is 5.91 Å². The van der Waals surface area contributed by atoms with Crippen molar-refractivity contribution in [3.05, 3.63) is 96.1 Å². The fraction of sp³-hybridized carbons (Fsp3) is 0.125. The number of carbonyl (C=O) groups is 1. The summed E-state index contributed by atoms with van der Waals surface area (Å²) in [6, 6.07) is 19.0. The number of nitrogens with one attached hydrogen (secondary N) is 1. The highest BCUT2D eigenvalue weighted by atomic mass is 16.5. The molecule has 6 nitrogen and oxygen atoms in total. The van der Waals surface area contributed by atoms with Gasteiger partial charge in [0.15, 0.2) is 0 Å². The summed E-state index contributed by atoms with van der Waals surface area (Å²) in [6.45, 7) is 3.95. The molecule has 0 atom stereocenters. The summed E-state index contributed by atoms with van der Waals surface area (Å²) < 4.78 is 7.66. The molecule has 6 heteroatoms. The SMILES string of the molecule is CCc1c(C(=O)Nc2ccc(Oc3cccnc3)c(C)c2)cnn1-c1ccccc1. The standard InChI is InChI=1S/C24H22N4O2/c1-3-22-21(16-26-28(22)19-8-5-4-6-9-19)24(29)27-18-11-12-23(17(2)14-18)30-20-10-7-13-25-15-20/h4-16H,3H2,1-2H3,(H,27,29). The number of anilines is 1. The fourth-order valence-electron chi connectivity index (χ4n) is 3.27. The molecular formula is C24H22N4O2. The Kier molecular flexibility index (Phi) is 5.57. The van der Waals surface area contributed by atoms with Crippen molar-refractivity contribution < 1.29 is 9.53 Å². The minimum Gasteiger partial charge on any atom is -0.455 e. The van der Waals surface area contributed by atoms with Gasteiger partial charge < -0.3 is 10.1 Å². The van der Waals surface area contributed by atoms with E-state index in [1.165, 1.54) is 0 Å². The second-order valence-corrected chi connectivity index (χ2v) is 6.83. The highest BCUT2D eigenvalue weighted by Gasteiger charge is 2.17. The molecule has 30 heavy (non-hydrogen) atoms. The number of hydrogen-bond acceptors (Lipinski definition) is 4. The Labute approximate surface area is 175 Å². The summed E-state index contributed by atoms with van der Waals surface area (Å²) in [4.78, 5) is 17.0. The molecule has 0 aliphatic heterocycles. The molecule has 2 aromatic carbocycles. The smallest absolute Gasteiger partial charge is 0.259 e. The Hall–Kier alpha value is -3.93. The maximum absolute atomic E-state index is 12.9. The second kappa shape index (κ2) is 8.61. The maximum atomic E-state index is 12.9. The molecule has 4 rings (SSSR count). The van der Waals surface area contributed by atoms with Crippen LogP contribution in [0.5, 0.6) is 11.5 Å². The third kappa shape index (κ3) is 4.07. The van der Waals surface area contributed by atoms with E-state index in [1.54, 1.807) is 18.6 Å². The maximum Gasteiger partial charge on any atom is 0.259 e. The number of aryl methyl sites for hydroxylation is 1. The first-order valence-corrected chi connectivity index (χ1v) is 9.78. The number of amides is 1. The van der Waals surface area contributed by atoms with Crippen LogP contribution in [0, 0.1) is 6.92 Å². The zero-order chi connectivity index (χ0) is 20.9. The van der Waals surface area contributed by atoms with Gasteiger partial charge in [0.05, 0.1) is 29.3 Å². The Balaban J connectivity index is 1.53. The van der Waals surface area contributed by atoms with E-state index < -0.39 is 0 Å². The van der Waals surface area contributed by atoms with Crippen molar-refractivity contribution in [3.63, 3.8) is 0 Å². The number of hydrogen-bond donors (Lipinski definition) is 1. The Morgan fingerprint density at radius 3 is 2.60 bits per heavy atom. The first-order valence-electron chi connectivity index (χ1n) is 9.78. The van der Waals surface area contributed by atoms with E-state index >= 15 is 0 Å². The number of benzene rings is 2. The lowest BCUT2D eigenvalue weighted by molar-refractivity contribution is 0.102. The molecule has 0 saturated heterocycles. The number of aromatic nitrogens is 3. The second-order valence-electron chi connectivity index (χ2n) is 6.83. The summed E-state index contributed by atoms with van der Waals surface area (Å²) in [5.74, 6) is 1.19. The molecule has 2 aromatic heterocycles. The molecule has 1 N–H and O–H groups in total. The quantitative estimate of drug-likeness (QED) is 0.486. The van der Waals surface area contributed by atoms with Crippen LogP contribution in [0.1, 0.15) is 28.5 Å². The predicted octanol–water partition coefficient (Wildman–Crippen LogP) is 5.18. The highest BCUT2D eigenvalue weighted by molar-refractivity contribution is 6.05. The summed E-state index contributed by atoms with van der Waals surface area (Å²) in [7, 11) is 0. The van der Waals surface area contributed by atoms with E-state index in [0.29, 0.717) is 29.2 Å². The van der Waals surface area contributed by atoms with Gasteiger partial charge in [-0.3, -0.25) is 9.78 Å². The lowest BCUT2D eigenvalue weighted by Gasteiger charge is -2.11. The molecule has 1 amide bonds. The van der Waals surface area contributed by atoms with E-state index in [9.17, 15) is 4.79 Å². The van der Waals surface area contributed by atoms with Gasteiger partial charge in [-0.1, -0.05) is 25.1 Å². The normalized spacial score (nSPS) is 10.6. The van der Waals surface area contributed by atoms with Gasteiger partial charge in [0, 0.05) is 11.9 Å². The fourth-order valence-corrected chi connectivity index (χ4v) is 3.27. The van der Waals surface area contributed by atoms with Crippen molar-refractivity contribution in [2.24, 2.45) is 0 Å². The number of carbonyl (C=O) groups excluding carboxylic acids is 1. The van der Waals surface area contributed by atoms with Crippen molar-refractivity contribution in [2.75, 3.05) is 5.32 Å². The van der Waals surface area contributed by atoms with Gasteiger partial charge in [0.1, 0.15) is 11.5 Å². The van der Waals surface area contributed by atoms with Crippen LogP contribution in [0.25, 0.3) is 5.69 Å². The zero-order valence-electron chi connectivity index (χ0n) is 16.9. The Bertz CT molecular complexity index is 1150. The Morgan fingerprint density at radius 1 is 1.07 bits per heavy atom. The van der Waals surface area contributed by atoms with Crippen LogP contribution in [0.15, 0.2) is 79.3 Å². The van der Waals surface area contributed by atoms with Crippen molar-refractivity contribution in [1.82, 2.24) is 14.8 Å². The topological polar surface area (TPSA) is 69.0 Å². The minimum atomic E-state index is -0.186.